The quantitative estimate of drug-likeness (QED) is 0.751. The molecule has 2 nitrogen and oxygen atoms in total. The van der Waals surface area contributed by atoms with Crippen LogP contribution in [0.3, 0.4) is 0 Å². The van der Waals surface area contributed by atoms with Crippen LogP contribution in [0.4, 0.5) is 5.69 Å². The molecule has 4 heteroatoms. The molecule has 0 fully saturated rings. The third kappa shape index (κ3) is 3.87. The van der Waals surface area contributed by atoms with Crippen molar-refractivity contribution in [3.05, 3.63) is 58.6 Å². The fraction of sp³-hybridized carbons (Fsp3) is 0.188. The third-order valence-corrected chi connectivity index (χ3v) is 4.69. The first-order valence-corrected chi connectivity index (χ1v) is 8.28. The summed E-state index contributed by atoms with van der Waals surface area (Å²) in [4.78, 5) is 13.4. The first kappa shape index (κ1) is 15.1. The van der Waals surface area contributed by atoms with E-state index in [1.807, 2.05) is 48.5 Å². The Hall–Kier alpha value is -1.26. The second-order valence-corrected chi connectivity index (χ2v) is 6.27. The number of hydrogen-bond donors (Lipinski definition) is 1. The van der Waals surface area contributed by atoms with Crippen molar-refractivity contribution in [2.75, 3.05) is 11.1 Å². The average Bonchev–Trinajstić information content (AvgIpc) is 2.47. The molecule has 0 unspecified atom stereocenters. The molecule has 0 bridgehead atoms. The highest BCUT2D eigenvalue weighted by Gasteiger charge is 2.12. The maximum atomic E-state index is 12.4. The van der Waals surface area contributed by atoms with E-state index in [2.05, 4.69) is 28.2 Å². The maximum Gasteiger partial charge on any atom is 0.256 e. The molecule has 104 valence electrons. The topological polar surface area (TPSA) is 29.1 Å². The van der Waals surface area contributed by atoms with Crippen molar-refractivity contribution in [3.8, 4) is 0 Å². The second kappa shape index (κ2) is 7.50. The summed E-state index contributed by atoms with van der Waals surface area (Å²) in [5, 5.41) is 2.94. The van der Waals surface area contributed by atoms with Gasteiger partial charge in [-0.25, -0.2) is 0 Å². The Morgan fingerprint density at radius 1 is 1.15 bits per heavy atom. The van der Waals surface area contributed by atoms with Crippen molar-refractivity contribution in [1.82, 2.24) is 0 Å². The zero-order valence-electron chi connectivity index (χ0n) is 11.2. The van der Waals surface area contributed by atoms with Crippen LogP contribution in [0.2, 0.25) is 0 Å². The van der Waals surface area contributed by atoms with Crippen LogP contribution in [0.25, 0.3) is 0 Å². The van der Waals surface area contributed by atoms with Crippen LogP contribution < -0.4 is 5.32 Å². The van der Waals surface area contributed by atoms with Gasteiger partial charge in [0.15, 0.2) is 0 Å². The minimum absolute atomic E-state index is 0.0731. The highest BCUT2D eigenvalue weighted by atomic mass is 79.9. The predicted octanol–water partition coefficient (Wildman–Crippen LogP) is 5.20. The minimum atomic E-state index is -0.0731. The van der Waals surface area contributed by atoms with E-state index < -0.39 is 0 Å². The van der Waals surface area contributed by atoms with Crippen LogP contribution in [0.1, 0.15) is 23.7 Å². The molecule has 1 N–H and O–H groups in total. The number of amides is 1. The zero-order chi connectivity index (χ0) is 14.4. The van der Waals surface area contributed by atoms with Crippen LogP contribution in [0.15, 0.2) is 57.9 Å². The fourth-order valence-electron chi connectivity index (χ4n) is 1.74. The number of para-hydroxylation sites is 1. The Bertz CT molecular complexity index is 601. The van der Waals surface area contributed by atoms with Crippen LogP contribution in [-0.2, 0) is 0 Å². The molecule has 0 aliphatic rings. The smallest absolute Gasteiger partial charge is 0.256 e. The highest BCUT2D eigenvalue weighted by Crippen LogP contribution is 2.26. The van der Waals surface area contributed by atoms with Crippen molar-refractivity contribution in [3.63, 3.8) is 0 Å². The van der Waals surface area contributed by atoms with E-state index in [1.54, 1.807) is 11.8 Å². The SMILES string of the molecule is CCCSc1ccccc1C(=O)Nc1ccccc1Br. The predicted molar refractivity (Wildman–Crippen MR) is 89.6 cm³/mol. The highest BCUT2D eigenvalue weighted by molar-refractivity contribution is 9.10. The lowest BCUT2D eigenvalue weighted by molar-refractivity contribution is 0.102. The van der Waals surface area contributed by atoms with E-state index in [0.717, 1.165) is 32.8 Å². The minimum Gasteiger partial charge on any atom is -0.321 e. The summed E-state index contributed by atoms with van der Waals surface area (Å²) >= 11 is 5.16. The van der Waals surface area contributed by atoms with Crippen molar-refractivity contribution in [2.45, 2.75) is 18.2 Å². The van der Waals surface area contributed by atoms with E-state index in [1.165, 1.54) is 0 Å². The first-order chi connectivity index (χ1) is 9.72. The van der Waals surface area contributed by atoms with Gasteiger partial charge < -0.3 is 5.32 Å². The van der Waals surface area contributed by atoms with Gasteiger partial charge in [-0.2, -0.15) is 0 Å². The molecule has 0 saturated carbocycles. The molecule has 0 spiro atoms. The van der Waals surface area contributed by atoms with E-state index in [4.69, 9.17) is 0 Å². The van der Waals surface area contributed by atoms with E-state index in [0.29, 0.717) is 0 Å². The lowest BCUT2D eigenvalue weighted by atomic mass is 10.2. The zero-order valence-corrected chi connectivity index (χ0v) is 13.6. The van der Waals surface area contributed by atoms with Gasteiger partial charge in [-0.1, -0.05) is 31.2 Å². The standard InChI is InChI=1S/C16H16BrNOS/c1-2-11-20-15-10-6-3-7-12(15)16(19)18-14-9-5-4-8-13(14)17/h3-10H,2,11H2,1H3,(H,18,19). The number of anilines is 1. The number of hydrogen-bond acceptors (Lipinski definition) is 2. The monoisotopic (exact) mass is 349 g/mol. The van der Waals surface area contributed by atoms with Gasteiger partial charge in [-0.15, -0.1) is 11.8 Å². The molecule has 0 aliphatic carbocycles. The molecule has 20 heavy (non-hydrogen) atoms. The fourth-order valence-corrected chi connectivity index (χ4v) is 3.04. The summed E-state index contributed by atoms with van der Waals surface area (Å²) in [6.07, 6.45) is 1.09. The molecule has 0 aromatic heterocycles. The Balaban J connectivity index is 2.19. The van der Waals surface area contributed by atoms with Gasteiger partial charge in [-0.3, -0.25) is 4.79 Å². The molecule has 0 atom stereocenters. The van der Waals surface area contributed by atoms with Crippen LogP contribution in [0.5, 0.6) is 0 Å². The number of carbonyl (C=O) groups excluding carboxylic acids is 1. The van der Waals surface area contributed by atoms with Crippen molar-refractivity contribution in [2.24, 2.45) is 0 Å². The van der Waals surface area contributed by atoms with Gasteiger partial charge in [0.05, 0.1) is 11.3 Å². The number of carbonyl (C=O) groups is 1. The van der Waals surface area contributed by atoms with Crippen LogP contribution in [-0.4, -0.2) is 11.7 Å². The Morgan fingerprint density at radius 2 is 1.85 bits per heavy atom. The normalized spacial score (nSPS) is 10.3. The summed E-state index contributed by atoms with van der Waals surface area (Å²) in [5.74, 6) is 0.940. The average molecular weight is 350 g/mol. The van der Waals surface area contributed by atoms with Crippen molar-refractivity contribution in [1.29, 1.82) is 0 Å². The number of thioether (sulfide) groups is 1. The van der Waals surface area contributed by atoms with Crippen LogP contribution >= 0.6 is 27.7 Å². The molecular formula is C16H16BrNOS. The van der Waals surface area contributed by atoms with E-state index >= 15 is 0 Å². The van der Waals surface area contributed by atoms with Gasteiger partial charge in [0.25, 0.3) is 5.91 Å². The summed E-state index contributed by atoms with van der Waals surface area (Å²) in [5.41, 5.74) is 1.51. The molecular weight excluding hydrogens is 334 g/mol. The Labute approximate surface area is 132 Å². The summed E-state index contributed by atoms with van der Waals surface area (Å²) in [7, 11) is 0. The molecule has 1 amide bonds. The Kier molecular flexibility index (Phi) is 5.68. The molecule has 0 aliphatic heterocycles. The first-order valence-electron chi connectivity index (χ1n) is 6.50. The van der Waals surface area contributed by atoms with Gasteiger partial charge in [0.2, 0.25) is 0 Å². The molecule has 2 aromatic carbocycles. The largest absolute Gasteiger partial charge is 0.321 e. The number of benzene rings is 2. The summed E-state index contributed by atoms with van der Waals surface area (Å²) in [6.45, 7) is 2.14. The summed E-state index contributed by atoms with van der Waals surface area (Å²) in [6, 6.07) is 15.3. The molecule has 0 heterocycles. The van der Waals surface area contributed by atoms with Gasteiger partial charge in [0.1, 0.15) is 0 Å². The molecule has 2 aromatic rings. The Morgan fingerprint density at radius 3 is 2.60 bits per heavy atom. The van der Waals surface area contributed by atoms with Gasteiger partial charge >= 0.3 is 0 Å². The third-order valence-electron chi connectivity index (χ3n) is 2.72. The number of rotatable bonds is 5. The lowest BCUT2D eigenvalue weighted by Gasteiger charge is -2.10. The van der Waals surface area contributed by atoms with Crippen molar-refractivity contribution >= 4 is 39.3 Å². The second-order valence-electron chi connectivity index (χ2n) is 4.28. The molecule has 0 radical (unpaired) electrons. The van der Waals surface area contributed by atoms with Crippen LogP contribution in [0, 0.1) is 0 Å². The van der Waals surface area contributed by atoms with E-state index in [-0.39, 0.29) is 5.91 Å². The lowest BCUT2D eigenvalue weighted by Crippen LogP contribution is -2.13. The number of halogens is 1. The number of nitrogens with one attached hydrogen (secondary N) is 1. The van der Waals surface area contributed by atoms with E-state index in [9.17, 15) is 4.79 Å². The molecule has 2 rings (SSSR count). The van der Waals surface area contributed by atoms with Gasteiger partial charge in [-0.05, 0) is 52.4 Å². The molecule has 0 saturated heterocycles. The maximum absolute atomic E-state index is 12.4. The van der Waals surface area contributed by atoms with Crippen molar-refractivity contribution < 1.29 is 4.79 Å². The van der Waals surface area contributed by atoms with Gasteiger partial charge in [0, 0.05) is 9.37 Å². The summed E-state index contributed by atoms with van der Waals surface area (Å²) < 4.78 is 0.882.